The third-order valence-electron chi connectivity index (χ3n) is 2.81. The smallest absolute Gasteiger partial charge is 0.0487 e. The molecule has 3 rings (SSSR count). The van der Waals surface area contributed by atoms with Gasteiger partial charge in [-0.25, -0.2) is 0 Å². The summed E-state index contributed by atoms with van der Waals surface area (Å²) in [5.41, 5.74) is 0. The van der Waals surface area contributed by atoms with E-state index in [4.69, 9.17) is 0 Å². The summed E-state index contributed by atoms with van der Waals surface area (Å²) in [7, 11) is 0. The highest BCUT2D eigenvalue weighted by Crippen LogP contribution is 2.30. The Morgan fingerprint density at radius 3 is 2.40 bits per heavy atom. The van der Waals surface area contributed by atoms with E-state index in [0.29, 0.717) is 0 Å². The van der Waals surface area contributed by atoms with Crippen LogP contribution in [0.2, 0.25) is 0 Å². The molecule has 0 aromatic carbocycles. The van der Waals surface area contributed by atoms with Crippen molar-refractivity contribution in [2.24, 2.45) is 0 Å². The van der Waals surface area contributed by atoms with E-state index >= 15 is 0 Å². The lowest BCUT2D eigenvalue weighted by atomic mass is 9.83. The Labute approximate surface area is 62.6 Å². The minimum atomic E-state index is 0.721. The first kappa shape index (κ1) is 6.62. The Hall–Kier alpha value is -0.0800. The van der Waals surface area contributed by atoms with Crippen LogP contribution >= 0.6 is 0 Å². The van der Waals surface area contributed by atoms with Crippen molar-refractivity contribution in [3.8, 4) is 0 Å². The number of hydrogen-bond donors (Lipinski definition) is 1. The van der Waals surface area contributed by atoms with E-state index in [0.717, 1.165) is 24.8 Å². The van der Waals surface area contributed by atoms with Gasteiger partial charge in [0.2, 0.25) is 0 Å². The highest BCUT2D eigenvalue weighted by atomic mass is 15.3. The summed E-state index contributed by atoms with van der Waals surface area (Å²) < 4.78 is 0. The summed E-state index contributed by atoms with van der Waals surface area (Å²) >= 11 is 0. The number of nitrogens with zero attached hydrogens (tertiary/aromatic N) is 1. The van der Waals surface area contributed by atoms with Gasteiger partial charge in [0.05, 0.1) is 0 Å². The summed E-state index contributed by atoms with van der Waals surface area (Å²) in [6, 6.07) is 2.49. The summed E-state index contributed by atoms with van der Waals surface area (Å²) in [4.78, 5) is 2.56. The van der Waals surface area contributed by atoms with Crippen molar-refractivity contribution < 1.29 is 0 Å². The lowest BCUT2D eigenvalue weighted by molar-refractivity contribution is 0.00377. The summed E-state index contributed by atoms with van der Waals surface area (Å²) in [5, 5.41) is 3.51. The average molecular weight is 140 g/mol. The van der Waals surface area contributed by atoms with Crippen LogP contribution in [0.3, 0.4) is 0 Å². The molecule has 3 fully saturated rings. The lowest BCUT2D eigenvalue weighted by Crippen LogP contribution is -2.64. The molecule has 1 N–H and O–H groups in total. The number of nitrogens with one attached hydrogen (secondary N) is 1. The molecule has 2 saturated heterocycles. The second-order valence-electron chi connectivity index (χ2n) is 3.79. The van der Waals surface area contributed by atoms with Crippen molar-refractivity contribution in [2.75, 3.05) is 6.67 Å². The first-order chi connectivity index (χ1) is 4.77. The Balaban J connectivity index is 1.96. The maximum atomic E-state index is 3.51. The quantitative estimate of drug-likeness (QED) is 0.579. The Morgan fingerprint density at radius 2 is 2.10 bits per heavy atom. The molecule has 0 aromatic heterocycles. The Bertz CT molecular complexity index is 124. The predicted octanol–water partition coefficient (Wildman–Crippen LogP) is 0.789. The molecule has 3 aliphatic rings. The van der Waals surface area contributed by atoms with Gasteiger partial charge in [-0.1, -0.05) is 0 Å². The van der Waals surface area contributed by atoms with E-state index in [2.05, 4.69) is 24.1 Å². The SMILES string of the molecule is CC(C)N1CNC2CC1C2. The van der Waals surface area contributed by atoms with Gasteiger partial charge in [0.25, 0.3) is 0 Å². The van der Waals surface area contributed by atoms with Crippen molar-refractivity contribution in [1.82, 2.24) is 10.2 Å². The van der Waals surface area contributed by atoms with E-state index in [1.54, 1.807) is 0 Å². The van der Waals surface area contributed by atoms with Crippen LogP contribution < -0.4 is 5.32 Å². The molecule has 1 aliphatic carbocycles. The molecular formula is C8H16N2. The minimum Gasteiger partial charge on any atom is -0.301 e. The molecule has 58 valence electrons. The molecule has 2 heterocycles. The maximum Gasteiger partial charge on any atom is 0.0487 e. The van der Waals surface area contributed by atoms with Crippen LogP contribution in [-0.2, 0) is 0 Å². The van der Waals surface area contributed by atoms with Crippen molar-refractivity contribution in [3.05, 3.63) is 0 Å². The van der Waals surface area contributed by atoms with Crippen LogP contribution in [0.15, 0.2) is 0 Å². The van der Waals surface area contributed by atoms with E-state index < -0.39 is 0 Å². The molecule has 0 atom stereocenters. The molecule has 0 unspecified atom stereocenters. The topological polar surface area (TPSA) is 15.3 Å². The fraction of sp³-hybridized carbons (Fsp3) is 1.00. The normalized spacial score (nSPS) is 39.9. The van der Waals surface area contributed by atoms with Crippen molar-refractivity contribution >= 4 is 0 Å². The van der Waals surface area contributed by atoms with Gasteiger partial charge in [-0.05, 0) is 26.7 Å². The Morgan fingerprint density at radius 1 is 1.40 bits per heavy atom. The largest absolute Gasteiger partial charge is 0.301 e. The first-order valence-electron chi connectivity index (χ1n) is 4.26. The molecule has 2 nitrogen and oxygen atoms in total. The van der Waals surface area contributed by atoms with Crippen LogP contribution in [0.4, 0.5) is 0 Å². The molecule has 2 heteroatoms. The fourth-order valence-electron chi connectivity index (χ4n) is 1.99. The van der Waals surface area contributed by atoms with E-state index in [9.17, 15) is 0 Å². The molecule has 2 bridgehead atoms. The molecule has 0 aromatic rings. The van der Waals surface area contributed by atoms with Gasteiger partial charge < -0.3 is 5.32 Å². The molecule has 0 radical (unpaired) electrons. The molecule has 2 aliphatic heterocycles. The van der Waals surface area contributed by atoms with Gasteiger partial charge in [-0.2, -0.15) is 0 Å². The number of hydrogen-bond acceptors (Lipinski definition) is 2. The predicted molar refractivity (Wildman–Crippen MR) is 41.8 cm³/mol. The highest BCUT2D eigenvalue weighted by molar-refractivity contribution is 4.96. The summed E-state index contributed by atoms with van der Waals surface area (Å²) in [5.74, 6) is 0. The first-order valence-corrected chi connectivity index (χ1v) is 4.26. The zero-order chi connectivity index (χ0) is 7.14. The number of fused-ring (bicyclic) bond motifs is 2. The van der Waals surface area contributed by atoms with Crippen LogP contribution in [0.1, 0.15) is 26.7 Å². The lowest BCUT2D eigenvalue weighted by Gasteiger charge is -2.51. The zero-order valence-electron chi connectivity index (χ0n) is 6.80. The zero-order valence-corrected chi connectivity index (χ0v) is 6.80. The minimum absolute atomic E-state index is 0.721. The van der Waals surface area contributed by atoms with Crippen molar-refractivity contribution in [2.45, 2.75) is 44.8 Å². The van der Waals surface area contributed by atoms with Gasteiger partial charge in [0.1, 0.15) is 0 Å². The Kier molecular flexibility index (Phi) is 1.46. The van der Waals surface area contributed by atoms with E-state index in [1.165, 1.54) is 12.8 Å². The van der Waals surface area contributed by atoms with Crippen molar-refractivity contribution in [3.63, 3.8) is 0 Å². The van der Waals surface area contributed by atoms with Gasteiger partial charge in [-0.15, -0.1) is 0 Å². The van der Waals surface area contributed by atoms with Crippen LogP contribution in [0, 0.1) is 0 Å². The van der Waals surface area contributed by atoms with Gasteiger partial charge >= 0.3 is 0 Å². The van der Waals surface area contributed by atoms with Crippen LogP contribution in [-0.4, -0.2) is 29.7 Å². The van der Waals surface area contributed by atoms with Crippen molar-refractivity contribution in [1.29, 1.82) is 0 Å². The number of rotatable bonds is 1. The summed E-state index contributed by atoms with van der Waals surface area (Å²) in [6.45, 7) is 5.67. The van der Waals surface area contributed by atoms with Crippen LogP contribution in [0.5, 0.6) is 0 Å². The highest BCUT2D eigenvalue weighted by Gasteiger charge is 2.38. The van der Waals surface area contributed by atoms with Gasteiger partial charge in [0.15, 0.2) is 0 Å². The third kappa shape index (κ3) is 0.867. The van der Waals surface area contributed by atoms with E-state index in [-0.39, 0.29) is 0 Å². The van der Waals surface area contributed by atoms with Crippen LogP contribution in [0.25, 0.3) is 0 Å². The monoisotopic (exact) mass is 140 g/mol. The van der Waals surface area contributed by atoms with E-state index in [1.807, 2.05) is 0 Å². The molecular weight excluding hydrogens is 124 g/mol. The summed E-state index contributed by atoms with van der Waals surface area (Å²) in [6.07, 6.45) is 2.77. The second-order valence-corrected chi connectivity index (χ2v) is 3.79. The molecule has 0 amide bonds. The standard InChI is InChI=1S/C8H16N2/c1-6(2)10-5-9-7-3-8(10)4-7/h6-9H,3-5H2,1-2H3. The molecule has 10 heavy (non-hydrogen) atoms. The van der Waals surface area contributed by atoms with Gasteiger partial charge in [0, 0.05) is 24.8 Å². The average Bonchev–Trinajstić information content (AvgIpc) is 1.86. The van der Waals surface area contributed by atoms with Gasteiger partial charge in [-0.3, -0.25) is 4.90 Å². The molecule has 1 saturated carbocycles. The molecule has 0 spiro atoms. The third-order valence-corrected chi connectivity index (χ3v) is 2.81. The maximum absolute atomic E-state index is 3.51. The second kappa shape index (κ2) is 2.21. The fourth-order valence-corrected chi connectivity index (χ4v) is 1.99.